The smallest absolute Gasteiger partial charge is 0.137 e. The van der Waals surface area contributed by atoms with Crippen molar-refractivity contribution in [3.8, 4) is 0 Å². The van der Waals surface area contributed by atoms with E-state index in [0.717, 1.165) is 23.8 Å². The fraction of sp³-hybridized carbons (Fsp3) is 0.714. The molecule has 1 aliphatic carbocycles. The molecule has 1 aromatic rings. The Morgan fingerprint density at radius 2 is 1.83 bits per heavy atom. The standard InChI is InChI=1S/C14H22ClN3/c1-4-18(12-8-6-5-7-9-12)14-10(2)13(15)16-11(3)17-14/h12H,4-9H2,1-3H3. The van der Waals surface area contributed by atoms with Crippen LogP contribution in [0.1, 0.15) is 50.4 Å². The number of anilines is 1. The second-order valence-corrected chi connectivity index (χ2v) is 5.45. The van der Waals surface area contributed by atoms with E-state index in [9.17, 15) is 0 Å². The van der Waals surface area contributed by atoms with E-state index < -0.39 is 0 Å². The van der Waals surface area contributed by atoms with Crippen LogP contribution in [0.4, 0.5) is 5.82 Å². The molecule has 1 aliphatic rings. The summed E-state index contributed by atoms with van der Waals surface area (Å²) < 4.78 is 0. The van der Waals surface area contributed by atoms with Crippen molar-refractivity contribution in [3.63, 3.8) is 0 Å². The molecule has 1 aromatic heterocycles. The minimum Gasteiger partial charge on any atom is -0.354 e. The minimum atomic E-state index is 0.590. The Labute approximate surface area is 115 Å². The van der Waals surface area contributed by atoms with E-state index in [1.165, 1.54) is 32.1 Å². The van der Waals surface area contributed by atoms with Crippen molar-refractivity contribution in [3.05, 3.63) is 16.5 Å². The van der Waals surface area contributed by atoms with E-state index >= 15 is 0 Å². The highest BCUT2D eigenvalue weighted by Gasteiger charge is 2.23. The van der Waals surface area contributed by atoms with Gasteiger partial charge in [0, 0.05) is 18.2 Å². The lowest BCUT2D eigenvalue weighted by atomic mass is 9.94. The van der Waals surface area contributed by atoms with Gasteiger partial charge in [-0.15, -0.1) is 0 Å². The van der Waals surface area contributed by atoms with Gasteiger partial charge >= 0.3 is 0 Å². The summed E-state index contributed by atoms with van der Waals surface area (Å²) in [4.78, 5) is 11.2. The summed E-state index contributed by atoms with van der Waals surface area (Å²) >= 11 is 6.18. The number of nitrogens with zero attached hydrogens (tertiary/aromatic N) is 3. The molecular formula is C14H22ClN3. The molecule has 4 heteroatoms. The average molecular weight is 268 g/mol. The molecule has 0 aromatic carbocycles. The van der Waals surface area contributed by atoms with Gasteiger partial charge in [-0.25, -0.2) is 9.97 Å². The van der Waals surface area contributed by atoms with Crippen LogP contribution in [0.5, 0.6) is 0 Å². The van der Waals surface area contributed by atoms with Crippen LogP contribution < -0.4 is 4.90 Å². The van der Waals surface area contributed by atoms with Gasteiger partial charge in [0.05, 0.1) is 0 Å². The van der Waals surface area contributed by atoms with Crippen molar-refractivity contribution in [1.29, 1.82) is 0 Å². The zero-order chi connectivity index (χ0) is 13.1. The fourth-order valence-electron chi connectivity index (χ4n) is 2.83. The average Bonchev–Trinajstić information content (AvgIpc) is 2.37. The summed E-state index contributed by atoms with van der Waals surface area (Å²) in [6.07, 6.45) is 6.58. The Balaban J connectivity index is 2.31. The predicted molar refractivity (Wildman–Crippen MR) is 76.4 cm³/mol. The maximum absolute atomic E-state index is 6.18. The Kier molecular flexibility index (Phi) is 4.44. The molecule has 1 saturated carbocycles. The first-order valence-electron chi connectivity index (χ1n) is 6.91. The highest BCUT2D eigenvalue weighted by Crippen LogP contribution is 2.30. The van der Waals surface area contributed by atoms with Crippen molar-refractivity contribution in [2.75, 3.05) is 11.4 Å². The summed E-state index contributed by atoms with van der Waals surface area (Å²) in [6, 6.07) is 0.618. The first-order valence-corrected chi connectivity index (χ1v) is 7.28. The molecule has 0 amide bonds. The summed E-state index contributed by atoms with van der Waals surface area (Å²) in [7, 11) is 0. The van der Waals surface area contributed by atoms with Crippen LogP contribution in [0.25, 0.3) is 0 Å². The number of halogens is 1. The number of hydrogen-bond acceptors (Lipinski definition) is 3. The number of aromatic nitrogens is 2. The Morgan fingerprint density at radius 1 is 1.17 bits per heavy atom. The normalized spacial score (nSPS) is 16.9. The second-order valence-electron chi connectivity index (χ2n) is 5.09. The van der Waals surface area contributed by atoms with E-state index in [0.29, 0.717) is 11.2 Å². The highest BCUT2D eigenvalue weighted by atomic mass is 35.5. The molecule has 2 rings (SSSR count). The van der Waals surface area contributed by atoms with Gasteiger partial charge in [0.15, 0.2) is 0 Å². The third-order valence-corrected chi connectivity index (χ3v) is 4.17. The molecule has 0 radical (unpaired) electrons. The third-order valence-electron chi connectivity index (χ3n) is 3.80. The third kappa shape index (κ3) is 2.77. The van der Waals surface area contributed by atoms with Crippen molar-refractivity contribution in [2.24, 2.45) is 0 Å². The molecule has 0 spiro atoms. The largest absolute Gasteiger partial charge is 0.354 e. The van der Waals surface area contributed by atoms with Gasteiger partial charge in [-0.3, -0.25) is 0 Å². The lowest BCUT2D eigenvalue weighted by Gasteiger charge is -2.35. The zero-order valence-corrected chi connectivity index (χ0v) is 12.3. The molecule has 1 fully saturated rings. The van der Waals surface area contributed by atoms with Crippen LogP contribution in [-0.4, -0.2) is 22.6 Å². The van der Waals surface area contributed by atoms with Crippen molar-refractivity contribution < 1.29 is 0 Å². The summed E-state index contributed by atoms with van der Waals surface area (Å²) in [6.45, 7) is 7.10. The summed E-state index contributed by atoms with van der Waals surface area (Å²) in [5, 5.41) is 0.590. The van der Waals surface area contributed by atoms with Crippen LogP contribution >= 0.6 is 11.6 Å². The van der Waals surface area contributed by atoms with Gasteiger partial charge in [-0.05, 0) is 33.6 Å². The Hall–Kier alpha value is -0.830. The van der Waals surface area contributed by atoms with Gasteiger partial charge in [-0.1, -0.05) is 30.9 Å². The van der Waals surface area contributed by atoms with Crippen molar-refractivity contribution in [2.45, 2.75) is 58.9 Å². The molecule has 0 unspecified atom stereocenters. The number of hydrogen-bond donors (Lipinski definition) is 0. The van der Waals surface area contributed by atoms with Crippen LogP contribution in [0, 0.1) is 13.8 Å². The number of rotatable bonds is 3. The monoisotopic (exact) mass is 267 g/mol. The lowest BCUT2D eigenvalue weighted by molar-refractivity contribution is 0.415. The molecule has 0 atom stereocenters. The molecule has 0 aliphatic heterocycles. The molecule has 18 heavy (non-hydrogen) atoms. The van der Waals surface area contributed by atoms with Gasteiger partial charge < -0.3 is 4.90 Å². The topological polar surface area (TPSA) is 29.0 Å². The number of aryl methyl sites for hydroxylation is 1. The summed E-state index contributed by atoms with van der Waals surface area (Å²) in [5.41, 5.74) is 1.01. The molecular weight excluding hydrogens is 246 g/mol. The second kappa shape index (κ2) is 5.87. The van der Waals surface area contributed by atoms with E-state index in [1.807, 2.05) is 13.8 Å². The van der Waals surface area contributed by atoms with Gasteiger partial charge in [0.2, 0.25) is 0 Å². The lowest BCUT2D eigenvalue weighted by Crippen LogP contribution is -2.38. The van der Waals surface area contributed by atoms with Gasteiger partial charge in [-0.2, -0.15) is 0 Å². The minimum absolute atomic E-state index is 0.590. The maximum atomic E-state index is 6.18. The van der Waals surface area contributed by atoms with Crippen molar-refractivity contribution >= 4 is 17.4 Å². The Bertz CT molecular complexity index is 414. The van der Waals surface area contributed by atoms with Crippen LogP contribution in [0.15, 0.2) is 0 Å². The van der Waals surface area contributed by atoms with Gasteiger partial charge in [0.25, 0.3) is 0 Å². The summed E-state index contributed by atoms with van der Waals surface area (Å²) in [5.74, 6) is 1.79. The molecule has 100 valence electrons. The van der Waals surface area contributed by atoms with Crippen LogP contribution in [-0.2, 0) is 0 Å². The fourth-order valence-corrected chi connectivity index (χ4v) is 3.04. The SMILES string of the molecule is CCN(c1nc(C)nc(Cl)c1C)C1CCCCC1. The van der Waals surface area contributed by atoms with E-state index in [4.69, 9.17) is 11.6 Å². The first kappa shape index (κ1) is 13.6. The molecule has 1 heterocycles. The van der Waals surface area contributed by atoms with E-state index in [-0.39, 0.29) is 0 Å². The molecule has 3 nitrogen and oxygen atoms in total. The quantitative estimate of drug-likeness (QED) is 0.778. The molecule has 0 bridgehead atoms. The van der Waals surface area contributed by atoms with Crippen molar-refractivity contribution in [1.82, 2.24) is 9.97 Å². The Morgan fingerprint density at radius 3 is 2.44 bits per heavy atom. The van der Waals surface area contributed by atoms with Crippen LogP contribution in [0.2, 0.25) is 5.15 Å². The van der Waals surface area contributed by atoms with E-state index in [2.05, 4.69) is 21.8 Å². The molecule has 0 saturated heterocycles. The predicted octanol–water partition coefficient (Wildman–Crippen LogP) is 3.91. The first-order chi connectivity index (χ1) is 8.63. The van der Waals surface area contributed by atoms with E-state index in [1.54, 1.807) is 0 Å². The highest BCUT2D eigenvalue weighted by molar-refractivity contribution is 6.30. The molecule has 0 N–H and O–H groups in total. The van der Waals surface area contributed by atoms with Gasteiger partial charge in [0.1, 0.15) is 16.8 Å². The van der Waals surface area contributed by atoms with Crippen LogP contribution in [0.3, 0.4) is 0 Å². The maximum Gasteiger partial charge on any atom is 0.137 e. The zero-order valence-electron chi connectivity index (χ0n) is 11.5.